The Hall–Kier alpha value is -2.67. The maximum Gasteiger partial charge on any atom is 0.335 e. The fourth-order valence-electron chi connectivity index (χ4n) is 2.12. The van der Waals surface area contributed by atoms with Gasteiger partial charge in [0.15, 0.2) is 0 Å². The second-order valence-corrected chi connectivity index (χ2v) is 5.29. The van der Waals surface area contributed by atoms with E-state index < -0.39 is 17.1 Å². The number of aromatic carboxylic acids is 1. The highest BCUT2D eigenvalue weighted by molar-refractivity contribution is 7.07. The highest BCUT2D eigenvalue weighted by atomic mass is 32.1. The van der Waals surface area contributed by atoms with Gasteiger partial charge in [0.2, 0.25) is 0 Å². The van der Waals surface area contributed by atoms with Crippen molar-refractivity contribution >= 4 is 28.3 Å². The fraction of sp³-hybridized carbons (Fsp3) is 0.0714. The van der Waals surface area contributed by atoms with Gasteiger partial charge in [-0.3, -0.25) is 14.2 Å². The zero-order chi connectivity index (χ0) is 15.0. The van der Waals surface area contributed by atoms with Gasteiger partial charge in [-0.25, -0.2) is 4.79 Å². The van der Waals surface area contributed by atoms with Crippen LogP contribution < -0.4 is 11.1 Å². The van der Waals surface area contributed by atoms with Crippen molar-refractivity contribution in [2.75, 3.05) is 0 Å². The standard InChI is InChI=1S/C14H10N2O4S/c17-12-13(18)16(6-8-3-4-21-7-8)11-5-9(14(19)20)1-2-10(11)15-12/h1-5,7H,6H2,(H,15,17)(H,19,20). The first-order valence-electron chi connectivity index (χ1n) is 6.07. The quantitative estimate of drug-likeness (QED) is 0.717. The molecule has 0 amide bonds. The molecule has 0 atom stereocenters. The minimum Gasteiger partial charge on any atom is -0.478 e. The Morgan fingerprint density at radius 3 is 2.76 bits per heavy atom. The van der Waals surface area contributed by atoms with Crippen LogP contribution in [-0.4, -0.2) is 20.6 Å². The van der Waals surface area contributed by atoms with E-state index in [2.05, 4.69) is 4.98 Å². The average molecular weight is 302 g/mol. The number of nitrogens with one attached hydrogen (secondary N) is 1. The normalized spacial score (nSPS) is 10.9. The van der Waals surface area contributed by atoms with E-state index in [1.807, 2.05) is 16.8 Å². The van der Waals surface area contributed by atoms with Crippen LogP contribution in [0.25, 0.3) is 11.0 Å². The lowest BCUT2D eigenvalue weighted by atomic mass is 10.2. The molecule has 21 heavy (non-hydrogen) atoms. The summed E-state index contributed by atoms with van der Waals surface area (Å²) in [5.74, 6) is -1.09. The number of thiophene rings is 1. The van der Waals surface area contributed by atoms with E-state index in [4.69, 9.17) is 5.11 Å². The average Bonchev–Trinajstić information content (AvgIpc) is 2.96. The summed E-state index contributed by atoms with van der Waals surface area (Å²) in [4.78, 5) is 37.3. The van der Waals surface area contributed by atoms with Crippen molar-refractivity contribution in [1.29, 1.82) is 0 Å². The molecule has 0 aliphatic carbocycles. The maximum absolute atomic E-state index is 12.1. The number of hydrogen-bond donors (Lipinski definition) is 2. The molecule has 0 radical (unpaired) electrons. The Bertz CT molecular complexity index is 938. The van der Waals surface area contributed by atoms with E-state index in [0.717, 1.165) is 5.56 Å². The molecule has 6 nitrogen and oxygen atoms in total. The summed E-state index contributed by atoms with van der Waals surface area (Å²) in [7, 11) is 0. The topological polar surface area (TPSA) is 92.2 Å². The molecule has 0 saturated heterocycles. The summed E-state index contributed by atoms with van der Waals surface area (Å²) >= 11 is 1.49. The smallest absolute Gasteiger partial charge is 0.335 e. The second kappa shape index (κ2) is 5.02. The number of aromatic amines is 1. The number of benzene rings is 1. The van der Waals surface area contributed by atoms with Gasteiger partial charge in [0, 0.05) is 0 Å². The van der Waals surface area contributed by atoms with Crippen LogP contribution in [0, 0.1) is 0 Å². The monoisotopic (exact) mass is 302 g/mol. The molecule has 7 heteroatoms. The van der Waals surface area contributed by atoms with E-state index in [9.17, 15) is 14.4 Å². The van der Waals surface area contributed by atoms with Gasteiger partial charge < -0.3 is 10.1 Å². The van der Waals surface area contributed by atoms with Gasteiger partial charge in [0.25, 0.3) is 0 Å². The van der Waals surface area contributed by atoms with E-state index >= 15 is 0 Å². The van der Waals surface area contributed by atoms with Crippen LogP contribution in [0.4, 0.5) is 0 Å². The first kappa shape index (κ1) is 13.3. The number of hydrogen-bond acceptors (Lipinski definition) is 4. The number of rotatable bonds is 3. The van der Waals surface area contributed by atoms with Crippen LogP contribution in [0.2, 0.25) is 0 Å². The molecule has 3 rings (SSSR count). The maximum atomic E-state index is 12.1. The molecule has 0 spiro atoms. The SMILES string of the molecule is O=C(O)c1ccc2[nH]c(=O)c(=O)n(Cc3ccsc3)c2c1. The van der Waals surface area contributed by atoms with E-state index in [1.54, 1.807) is 0 Å². The molecular formula is C14H10N2O4S. The molecule has 0 saturated carbocycles. The minimum atomic E-state index is -1.09. The Labute approximate surface area is 121 Å². The number of carboxylic acids is 1. The Morgan fingerprint density at radius 2 is 2.10 bits per heavy atom. The second-order valence-electron chi connectivity index (χ2n) is 4.51. The lowest BCUT2D eigenvalue weighted by Crippen LogP contribution is -2.36. The number of fused-ring (bicyclic) bond motifs is 1. The number of carbonyl (C=O) groups is 1. The van der Waals surface area contributed by atoms with Gasteiger partial charge in [-0.1, -0.05) is 0 Å². The van der Waals surface area contributed by atoms with Gasteiger partial charge in [-0.05, 0) is 40.6 Å². The minimum absolute atomic E-state index is 0.0630. The molecular weight excluding hydrogens is 292 g/mol. The van der Waals surface area contributed by atoms with E-state index in [0.29, 0.717) is 11.0 Å². The lowest BCUT2D eigenvalue weighted by Gasteiger charge is -2.09. The molecule has 1 aromatic carbocycles. The highest BCUT2D eigenvalue weighted by Gasteiger charge is 2.11. The van der Waals surface area contributed by atoms with Gasteiger partial charge in [-0.2, -0.15) is 11.3 Å². The van der Waals surface area contributed by atoms with Crippen LogP contribution in [0.15, 0.2) is 44.6 Å². The van der Waals surface area contributed by atoms with Crippen LogP contribution in [0.1, 0.15) is 15.9 Å². The van der Waals surface area contributed by atoms with E-state index in [-0.39, 0.29) is 12.1 Å². The number of H-pyrrole nitrogens is 1. The van der Waals surface area contributed by atoms with Crippen molar-refractivity contribution in [3.8, 4) is 0 Å². The van der Waals surface area contributed by atoms with Crippen LogP contribution >= 0.6 is 11.3 Å². The van der Waals surface area contributed by atoms with Crippen molar-refractivity contribution in [2.24, 2.45) is 0 Å². The summed E-state index contributed by atoms with van der Waals surface area (Å²) in [5.41, 5.74) is 0.352. The van der Waals surface area contributed by atoms with Crippen LogP contribution in [-0.2, 0) is 6.54 Å². The molecule has 0 fully saturated rings. The summed E-state index contributed by atoms with van der Waals surface area (Å²) in [6.45, 7) is 0.228. The van der Waals surface area contributed by atoms with Crippen molar-refractivity contribution in [1.82, 2.24) is 9.55 Å². The summed E-state index contributed by atoms with van der Waals surface area (Å²) in [5, 5.41) is 12.8. The first-order valence-corrected chi connectivity index (χ1v) is 7.02. The molecule has 2 N–H and O–H groups in total. The highest BCUT2D eigenvalue weighted by Crippen LogP contribution is 2.14. The summed E-state index contributed by atoms with van der Waals surface area (Å²) in [6, 6.07) is 6.12. The van der Waals surface area contributed by atoms with E-state index in [1.165, 1.54) is 34.1 Å². The third-order valence-electron chi connectivity index (χ3n) is 3.14. The molecule has 2 aromatic heterocycles. The molecule has 0 unspecified atom stereocenters. The lowest BCUT2D eigenvalue weighted by molar-refractivity contribution is 0.0697. The van der Waals surface area contributed by atoms with Crippen molar-refractivity contribution in [3.05, 3.63) is 66.9 Å². The van der Waals surface area contributed by atoms with Gasteiger partial charge in [-0.15, -0.1) is 0 Å². The molecule has 106 valence electrons. The molecule has 2 heterocycles. The Kier molecular flexibility index (Phi) is 3.19. The predicted octanol–water partition coefficient (Wildman–Crippen LogP) is 1.50. The third kappa shape index (κ3) is 2.38. The number of aromatic nitrogens is 2. The summed E-state index contributed by atoms with van der Waals surface area (Å²) in [6.07, 6.45) is 0. The zero-order valence-corrected chi connectivity index (χ0v) is 11.5. The van der Waals surface area contributed by atoms with Crippen LogP contribution in [0.3, 0.4) is 0 Å². The number of nitrogens with zero attached hydrogens (tertiary/aromatic N) is 1. The predicted molar refractivity (Wildman–Crippen MR) is 79.2 cm³/mol. The van der Waals surface area contributed by atoms with Crippen molar-refractivity contribution < 1.29 is 9.90 Å². The number of carboxylic acid groups (broad SMARTS) is 1. The van der Waals surface area contributed by atoms with Crippen LogP contribution in [0.5, 0.6) is 0 Å². The van der Waals surface area contributed by atoms with Gasteiger partial charge in [0.05, 0.1) is 23.1 Å². The van der Waals surface area contributed by atoms with Crippen molar-refractivity contribution in [3.63, 3.8) is 0 Å². The molecule has 3 aromatic rings. The van der Waals surface area contributed by atoms with Crippen molar-refractivity contribution in [2.45, 2.75) is 6.54 Å². The first-order chi connectivity index (χ1) is 10.1. The molecule has 0 bridgehead atoms. The zero-order valence-electron chi connectivity index (χ0n) is 10.7. The third-order valence-corrected chi connectivity index (χ3v) is 3.88. The molecule has 0 aliphatic heterocycles. The summed E-state index contributed by atoms with van der Waals surface area (Å²) < 4.78 is 1.29. The molecule has 0 aliphatic rings. The largest absolute Gasteiger partial charge is 0.478 e. The van der Waals surface area contributed by atoms with Gasteiger partial charge >= 0.3 is 17.1 Å². The fourth-order valence-corrected chi connectivity index (χ4v) is 2.78. The Balaban J connectivity index is 2.30. The Morgan fingerprint density at radius 1 is 1.29 bits per heavy atom. The van der Waals surface area contributed by atoms with Gasteiger partial charge in [0.1, 0.15) is 0 Å².